The van der Waals surface area contributed by atoms with Crippen LogP contribution in [0.15, 0.2) is 0 Å². The average molecular weight is 281 g/mol. The molecule has 1 aliphatic heterocycles. The van der Waals surface area contributed by atoms with Gasteiger partial charge >= 0.3 is 0 Å². The van der Waals surface area contributed by atoms with E-state index in [0.29, 0.717) is 24.6 Å². The summed E-state index contributed by atoms with van der Waals surface area (Å²) in [5.41, 5.74) is 6.25. The van der Waals surface area contributed by atoms with Crippen molar-refractivity contribution in [1.29, 1.82) is 0 Å². The summed E-state index contributed by atoms with van der Waals surface area (Å²) in [5.74, 6) is 0.428. The Hall–Kier alpha value is -0.160. The SMILES string of the molecule is CC1CC(CN)(NC2CCCCC2CO)CN1C1CC1. The third-order valence-corrected chi connectivity index (χ3v) is 5.78. The van der Waals surface area contributed by atoms with Crippen molar-refractivity contribution in [3.63, 3.8) is 0 Å². The van der Waals surface area contributed by atoms with Gasteiger partial charge in [0.05, 0.1) is 0 Å². The van der Waals surface area contributed by atoms with Crippen molar-refractivity contribution >= 4 is 0 Å². The fourth-order valence-corrected chi connectivity index (χ4v) is 4.47. The van der Waals surface area contributed by atoms with Gasteiger partial charge < -0.3 is 16.2 Å². The molecule has 1 heterocycles. The normalized spacial score (nSPS) is 43.0. The molecule has 3 rings (SSSR count). The second-order valence-corrected chi connectivity index (χ2v) is 7.42. The standard InChI is InChI=1S/C16H31N3O/c1-12-8-16(10-17,11-19(12)14-6-7-14)18-15-5-3-2-4-13(15)9-20/h12-15,18,20H,2-11,17H2,1H3. The van der Waals surface area contributed by atoms with Gasteiger partial charge in [-0.05, 0) is 44.9 Å². The van der Waals surface area contributed by atoms with Crippen molar-refractivity contribution in [3.8, 4) is 0 Å². The first-order valence-electron chi connectivity index (χ1n) is 8.52. The summed E-state index contributed by atoms with van der Waals surface area (Å²) in [6.45, 7) is 4.49. The van der Waals surface area contributed by atoms with Crippen LogP contribution >= 0.6 is 0 Å². The molecule has 0 aromatic carbocycles. The van der Waals surface area contributed by atoms with Crippen molar-refractivity contribution in [1.82, 2.24) is 10.2 Å². The lowest BCUT2D eigenvalue weighted by molar-refractivity contribution is 0.127. The molecule has 0 bridgehead atoms. The summed E-state index contributed by atoms with van der Waals surface area (Å²) in [5, 5.41) is 13.5. The molecule has 2 aliphatic carbocycles. The van der Waals surface area contributed by atoms with Crippen molar-refractivity contribution in [2.24, 2.45) is 11.7 Å². The fourth-order valence-electron chi connectivity index (χ4n) is 4.47. The molecule has 0 aromatic heterocycles. The highest BCUT2D eigenvalue weighted by atomic mass is 16.3. The lowest BCUT2D eigenvalue weighted by atomic mass is 9.82. The van der Waals surface area contributed by atoms with Crippen LogP contribution in [0.25, 0.3) is 0 Å². The van der Waals surface area contributed by atoms with E-state index in [2.05, 4.69) is 17.1 Å². The number of nitrogens with one attached hydrogen (secondary N) is 1. The second kappa shape index (κ2) is 5.91. The third kappa shape index (κ3) is 2.89. The Morgan fingerprint density at radius 1 is 1.25 bits per heavy atom. The zero-order valence-corrected chi connectivity index (χ0v) is 12.9. The average Bonchev–Trinajstić information content (AvgIpc) is 3.25. The maximum absolute atomic E-state index is 9.61. The zero-order chi connectivity index (χ0) is 14.2. The number of aliphatic hydroxyl groups excluding tert-OH is 1. The first kappa shape index (κ1) is 14.8. The molecule has 0 radical (unpaired) electrons. The number of likely N-dealkylation sites (tertiary alicyclic amines) is 1. The van der Waals surface area contributed by atoms with Gasteiger partial charge in [0.2, 0.25) is 0 Å². The van der Waals surface area contributed by atoms with Gasteiger partial charge in [0, 0.05) is 43.4 Å². The summed E-state index contributed by atoms with van der Waals surface area (Å²) in [7, 11) is 0. The van der Waals surface area contributed by atoms with E-state index in [9.17, 15) is 5.11 Å². The smallest absolute Gasteiger partial charge is 0.0474 e. The van der Waals surface area contributed by atoms with Crippen LogP contribution in [0.1, 0.15) is 51.9 Å². The summed E-state index contributed by atoms with van der Waals surface area (Å²) < 4.78 is 0. The van der Waals surface area contributed by atoms with Gasteiger partial charge in [-0.2, -0.15) is 0 Å². The maximum Gasteiger partial charge on any atom is 0.0474 e. The van der Waals surface area contributed by atoms with Crippen LogP contribution in [0.5, 0.6) is 0 Å². The van der Waals surface area contributed by atoms with E-state index in [1.165, 1.54) is 32.1 Å². The zero-order valence-electron chi connectivity index (χ0n) is 12.9. The molecule has 0 amide bonds. The Bertz CT molecular complexity index is 334. The van der Waals surface area contributed by atoms with Gasteiger partial charge in [-0.3, -0.25) is 4.90 Å². The van der Waals surface area contributed by atoms with E-state index in [-0.39, 0.29) is 5.54 Å². The van der Waals surface area contributed by atoms with E-state index < -0.39 is 0 Å². The van der Waals surface area contributed by atoms with Gasteiger partial charge in [0.1, 0.15) is 0 Å². The minimum absolute atomic E-state index is 0.0808. The molecule has 20 heavy (non-hydrogen) atoms. The molecule has 4 heteroatoms. The predicted octanol–water partition coefficient (Wildman–Crippen LogP) is 1.08. The molecule has 4 N–H and O–H groups in total. The Balaban J connectivity index is 1.66. The molecule has 1 saturated heterocycles. The summed E-state index contributed by atoms with van der Waals surface area (Å²) in [6.07, 6.45) is 8.82. The van der Waals surface area contributed by atoms with Gasteiger partial charge in [-0.25, -0.2) is 0 Å². The molecule has 0 aromatic rings. The monoisotopic (exact) mass is 281 g/mol. The Labute approximate surface area is 123 Å². The van der Waals surface area contributed by atoms with E-state index in [1.807, 2.05) is 0 Å². The molecule has 4 nitrogen and oxygen atoms in total. The minimum Gasteiger partial charge on any atom is -0.396 e. The quantitative estimate of drug-likeness (QED) is 0.706. The highest BCUT2D eigenvalue weighted by molar-refractivity contribution is 5.07. The van der Waals surface area contributed by atoms with Crippen molar-refractivity contribution in [2.45, 2.75) is 75.5 Å². The molecule has 4 atom stereocenters. The van der Waals surface area contributed by atoms with Crippen LogP contribution in [-0.4, -0.2) is 53.4 Å². The van der Waals surface area contributed by atoms with Crippen LogP contribution in [0.4, 0.5) is 0 Å². The number of nitrogens with two attached hydrogens (primary N) is 1. The highest BCUT2D eigenvalue weighted by Gasteiger charge is 2.47. The van der Waals surface area contributed by atoms with Crippen molar-refractivity contribution in [2.75, 3.05) is 19.7 Å². The Morgan fingerprint density at radius 3 is 2.65 bits per heavy atom. The number of rotatable bonds is 5. The number of nitrogens with zero attached hydrogens (tertiary/aromatic N) is 1. The Morgan fingerprint density at radius 2 is 2.00 bits per heavy atom. The first-order chi connectivity index (χ1) is 9.67. The van der Waals surface area contributed by atoms with Crippen molar-refractivity contribution < 1.29 is 5.11 Å². The third-order valence-electron chi connectivity index (χ3n) is 5.78. The molecule has 0 spiro atoms. The lowest BCUT2D eigenvalue weighted by Crippen LogP contribution is -2.59. The van der Waals surface area contributed by atoms with Crippen LogP contribution in [-0.2, 0) is 0 Å². The van der Waals surface area contributed by atoms with E-state index in [0.717, 1.165) is 32.0 Å². The highest BCUT2D eigenvalue weighted by Crippen LogP contribution is 2.38. The van der Waals surface area contributed by atoms with Gasteiger partial charge in [0.25, 0.3) is 0 Å². The van der Waals surface area contributed by atoms with Gasteiger partial charge in [-0.15, -0.1) is 0 Å². The lowest BCUT2D eigenvalue weighted by Gasteiger charge is -2.39. The predicted molar refractivity (Wildman–Crippen MR) is 81.6 cm³/mol. The summed E-state index contributed by atoms with van der Waals surface area (Å²) >= 11 is 0. The van der Waals surface area contributed by atoms with Crippen LogP contribution < -0.4 is 11.1 Å². The number of aliphatic hydroxyl groups is 1. The van der Waals surface area contributed by atoms with E-state index in [4.69, 9.17) is 5.73 Å². The van der Waals surface area contributed by atoms with Gasteiger partial charge in [0.15, 0.2) is 0 Å². The van der Waals surface area contributed by atoms with Crippen LogP contribution in [0.2, 0.25) is 0 Å². The molecule has 116 valence electrons. The molecular formula is C16H31N3O. The van der Waals surface area contributed by atoms with Crippen LogP contribution in [0, 0.1) is 5.92 Å². The second-order valence-electron chi connectivity index (χ2n) is 7.42. The number of hydrogen-bond acceptors (Lipinski definition) is 4. The summed E-state index contributed by atoms with van der Waals surface area (Å²) in [6, 6.07) is 1.93. The fraction of sp³-hybridized carbons (Fsp3) is 1.00. The molecule has 3 aliphatic rings. The van der Waals surface area contributed by atoms with Crippen molar-refractivity contribution in [3.05, 3.63) is 0 Å². The first-order valence-corrected chi connectivity index (χ1v) is 8.52. The van der Waals surface area contributed by atoms with E-state index in [1.54, 1.807) is 0 Å². The molecular weight excluding hydrogens is 250 g/mol. The molecule has 3 fully saturated rings. The number of hydrogen-bond donors (Lipinski definition) is 3. The Kier molecular flexibility index (Phi) is 4.37. The minimum atomic E-state index is 0.0808. The topological polar surface area (TPSA) is 61.5 Å². The molecule has 4 unspecified atom stereocenters. The van der Waals surface area contributed by atoms with Gasteiger partial charge in [-0.1, -0.05) is 12.8 Å². The molecule has 2 saturated carbocycles. The van der Waals surface area contributed by atoms with Crippen LogP contribution in [0.3, 0.4) is 0 Å². The maximum atomic E-state index is 9.61. The van der Waals surface area contributed by atoms with E-state index >= 15 is 0 Å². The summed E-state index contributed by atoms with van der Waals surface area (Å²) in [4.78, 5) is 2.66. The largest absolute Gasteiger partial charge is 0.396 e.